The molecule has 5 nitrogen and oxygen atoms in total. The van der Waals surface area contributed by atoms with Gasteiger partial charge in [-0.2, -0.15) is 5.10 Å². The van der Waals surface area contributed by atoms with Crippen LogP contribution in [0, 0.1) is 0 Å². The normalized spacial score (nSPS) is 16.3. The molecule has 2 heterocycles. The Morgan fingerprint density at radius 2 is 2.10 bits per heavy atom. The number of benzene rings is 1. The molecule has 2 N–H and O–H groups in total. The number of phenols is 1. The lowest BCUT2D eigenvalue weighted by atomic mass is 9.93. The van der Waals surface area contributed by atoms with Gasteiger partial charge in [0.1, 0.15) is 5.75 Å². The van der Waals surface area contributed by atoms with E-state index >= 15 is 0 Å². The van der Waals surface area contributed by atoms with E-state index in [-0.39, 0.29) is 11.7 Å². The Balaban J connectivity index is 1.65. The Hall–Kier alpha value is -2.30. The topological polar surface area (TPSA) is 69.2 Å². The number of H-pyrrole nitrogens is 1. The van der Waals surface area contributed by atoms with Gasteiger partial charge in [0, 0.05) is 36.5 Å². The zero-order valence-electron chi connectivity index (χ0n) is 11.1. The number of rotatable bonds is 2. The monoisotopic (exact) mass is 271 g/mol. The molecule has 0 atom stereocenters. The second-order valence-corrected chi connectivity index (χ2v) is 5.13. The molecule has 20 heavy (non-hydrogen) atoms. The number of hydrogen-bond acceptors (Lipinski definition) is 3. The lowest BCUT2D eigenvalue weighted by Crippen LogP contribution is -2.37. The quantitative estimate of drug-likeness (QED) is 0.879. The van der Waals surface area contributed by atoms with Crippen LogP contribution in [0.2, 0.25) is 0 Å². The molecule has 1 saturated heterocycles. The fraction of sp³-hybridized carbons (Fsp3) is 0.333. The number of amides is 1. The summed E-state index contributed by atoms with van der Waals surface area (Å²) in [6.07, 6.45) is 3.64. The van der Waals surface area contributed by atoms with Crippen LogP contribution in [-0.4, -0.2) is 39.2 Å². The van der Waals surface area contributed by atoms with E-state index < -0.39 is 0 Å². The van der Waals surface area contributed by atoms with Crippen LogP contribution in [0.15, 0.2) is 36.5 Å². The molecular weight excluding hydrogens is 254 g/mol. The van der Waals surface area contributed by atoms with Gasteiger partial charge in [-0.15, -0.1) is 0 Å². The third-order valence-corrected chi connectivity index (χ3v) is 3.84. The number of carbonyl (C=O) groups excluding carboxylic acids is 1. The Labute approximate surface area is 117 Å². The van der Waals surface area contributed by atoms with Crippen LogP contribution in [0.25, 0.3) is 0 Å². The van der Waals surface area contributed by atoms with E-state index in [0.717, 1.165) is 31.6 Å². The molecule has 1 aromatic carbocycles. The molecule has 3 rings (SSSR count). The summed E-state index contributed by atoms with van der Waals surface area (Å²) in [5, 5.41) is 16.4. The summed E-state index contributed by atoms with van der Waals surface area (Å²) in [6, 6.07) is 8.52. The number of carbonyl (C=O) groups is 1. The maximum absolute atomic E-state index is 12.3. The van der Waals surface area contributed by atoms with E-state index in [4.69, 9.17) is 0 Å². The summed E-state index contributed by atoms with van der Waals surface area (Å²) in [5.41, 5.74) is 1.69. The largest absolute Gasteiger partial charge is 0.508 e. The zero-order valence-corrected chi connectivity index (χ0v) is 11.1. The Morgan fingerprint density at radius 1 is 1.30 bits per heavy atom. The van der Waals surface area contributed by atoms with Gasteiger partial charge in [0.15, 0.2) is 0 Å². The SMILES string of the molecule is O=C(c1cccc(O)c1)N1CCC(c2ccn[nH]2)CC1. The third kappa shape index (κ3) is 2.52. The number of piperidine rings is 1. The fourth-order valence-electron chi connectivity index (χ4n) is 2.71. The summed E-state index contributed by atoms with van der Waals surface area (Å²) < 4.78 is 0. The molecule has 0 radical (unpaired) electrons. The van der Waals surface area contributed by atoms with Crippen LogP contribution < -0.4 is 0 Å². The van der Waals surface area contributed by atoms with Crippen LogP contribution in [0.3, 0.4) is 0 Å². The van der Waals surface area contributed by atoms with Crippen LogP contribution in [0.4, 0.5) is 0 Å². The Kier molecular flexibility index (Phi) is 3.41. The maximum atomic E-state index is 12.3. The maximum Gasteiger partial charge on any atom is 0.253 e. The molecular formula is C15H17N3O2. The average Bonchev–Trinajstić information content (AvgIpc) is 3.01. The van der Waals surface area contributed by atoms with Gasteiger partial charge in [0.2, 0.25) is 0 Å². The summed E-state index contributed by atoms with van der Waals surface area (Å²) >= 11 is 0. The molecule has 0 spiro atoms. The molecule has 0 saturated carbocycles. The highest BCUT2D eigenvalue weighted by molar-refractivity contribution is 5.94. The van der Waals surface area contributed by atoms with Gasteiger partial charge < -0.3 is 10.0 Å². The predicted octanol–water partition coefficient (Wildman–Crippen LogP) is 2.14. The molecule has 1 aromatic heterocycles. The number of phenolic OH excluding ortho intramolecular Hbond substituents is 1. The number of aromatic amines is 1. The van der Waals surface area contributed by atoms with Crippen molar-refractivity contribution < 1.29 is 9.90 Å². The first-order valence-electron chi connectivity index (χ1n) is 6.81. The summed E-state index contributed by atoms with van der Waals surface area (Å²) in [4.78, 5) is 14.2. The number of nitrogens with zero attached hydrogens (tertiary/aromatic N) is 2. The number of aromatic hydroxyl groups is 1. The lowest BCUT2D eigenvalue weighted by Gasteiger charge is -2.31. The Morgan fingerprint density at radius 3 is 2.75 bits per heavy atom. The van der Waals surface area contributed by atoms with Crippen LogP contribution in [0.1, 0.15) is 34.8 Å². The minimum Gasteiger partial charge on any atom is -0.508 e. The van der Waals surface area contributed by atoms with Crippen molar-refractivity contribution in [2.24, 2.45) is 0 Å². The van der Waals surface area contributed by atoms with Crippen molar-refractivity contribution in [2.45, 2.75) is 18.8 Å². The van der Waals surface area contributed by atoms with Crippen molar-refractivity contribution in [2.75, 3.05) is 13.1 Å². The first-order valence-corrected chi connectivity index (χ1v) is 6.81. The Bertz CT molecular complexity index is 587. The zero-order chi connectivity index (χ0) is 13.9. The molecule has 0 aliphatic carbocycles. The molecule has 1 aliphatic rings. The van der Waals surface area contributed by atoms with Crippen molar-refractivity contribution in [3.05, 3.63) is 47.8 Å². The molecule has 1 aliphatic heterocycles. The van der Waals surface area contributed by atoms with Gasteiger partial charge in [0.05, 0.1) is 0 Å². The summed E-state index contributed by atoms with van der Waals surface area (Å²) in [6.45, 7) is 1.47. The number of hydrogen-bond donors (Lipinski definition) is 2. The molecule has 0 bridgehead atoms. The lowest BCUT2D eigenvalue weighted by molar-refractivity contribution is 0.0711. The van der Waals surface area contributed by atoms with E-state index in [1.165, 1.54) is 6.07 Å². The highest BCUT2D eigenvalue weighted by atomic mass is 16.3. The van der Waals surface area contributed by atoms with Crippen molar-refractivity contribution in [3.8, 4) is 5.75 Å². The van der Waals surface area contributed by atoms with Gasteiger partial charge in [0.25, 0.3) is 5.91 Å². The van der Waals surface area contributed by atoms with Crippen molar-refractivity contribution >= 4 is 5.91 Å². The summed E-state index contributed by atoms with van der Waals surface area (Å²) in [7, 11) is 0. The molecule has 5 heteroatoms. The van der Waals surface area contributed by atoms with E-state index in [1.54, 1.807) is 24.4 Å². The van der Waals surface area contributed by atoms with Crippen molar-refractivity contribution in [3.63, 3.8) is 0 Å². The van der Waals surface area contributed by atoms with Crippen molar-refractivity contribution in [1.82, 2.24) is 15.1 Å². The van der Waals surface area contributed by atoms with E-state index in [2.05, 4.69) is 10.2 Å². The second kappa shape index (κ2) is 5.36. The van der Waals surface area contributed by atoms with Crippen LogP contribution >= 0.6 is 0 Å². The highest BCUT2D eigenvalue weighted by Crippen LogP contribution is 2.27. The predicted molar refractivity (Wildman–Crippen MR) is 74.6 cm³/mol. The average molecular weight is 271 g/mol. The molecule has 0 unspecified atom stereocenters. The molecule has 104 valence electrons. The van der Waals surface area contributed by atoms with E-state index in [9.17, 15) is 9.90 Å². The van der Waals surface area contributed by atoms with Gasteiger partial charge in [-0.25, -0.2) is 0 Å². The van der Waals surface area contributed by atoms with Gasteiger partial charge in [-0.1, -0.05) is 6.07 Å². The first-order chi connectivity index (χ1) is 9.74. The van der Waals surface area contributed by atoms with Gasteiger partial charge in [-0.05, 0) is 37.1 Å². The van der Waals surface area contributed by atoms with Crippen LogP contribution in [-0.2, 0) is 0 Å². The molecule has 1 fully saturated rings. The number of aromatic nitrogens is 2. The van der Waals surface area contributed by atoms with Crippen LogP contribution in [0.5, 0.6) is 5.75 Å². The third-order valence-electron chi connectivity index (χ3n) is 3.84. The highest BCUT2D eigenvalue weighted by Gasteiger charge is 2.25. The summed E-state index contributed by atoms with van der Waals surface area (Å²) in [5.74, 6) is 0.567. The number of likely N-dealkylation sites (tertiary alicyclic amines) is 1. The van der Waals surface area contributed by atoms with Crippen molar-refractivity contribution in [1.29, 1.82) is 0 Å². The van der Waals surface area contributed by atoms with E-state index in [1.807, 2.05) is 11.0 Å². The minimum absolute atomic E-state index is 0.0102. The van der Waals surface area contributed by atoms with Gasteiger partial charge >= 0.3 is 0 Å². The fourth-order valence-corrected chi connectivity index (χ4v) is 2.71. The first kappa shape index (κ1) is 12.7. The van der Waals surface area contributed by atoms with Gasteiger partial charge in [-0.3, -0.25) is 9.89 Å². The minimum atomic E-state index is -0.0102. The molecule has 1 amide bonds. The standard InChI is InChI=1S/C15H17N3O2/c19-13-3-1-2-12(10-13)15(20)18-8-5-11(6-9-18)14-4-7-16-17-14/h1-4,7,10-11,19H,5-6,8-9H2,(H,16,17). The molecule has 2 aromatic rings. The smallest absolute Gasteiger partial charge is 0.253 e. The second-order valence-electron chi connectivity index (χ2n) is 5.13. The number of nitrogens with one attached hydrogen (secondary N) is 1. The van der Waals surface area contributed by atoms with E-state index in [0.29, 0.717) is 11.5 Å².